The van der Waals surface area contributed by atoms with Crippen molar-refractivity contribution in [3.8, 4) is 0 Å². The molecule has 0 aliphatic carbocycles. The number of benzene rings is 1. The molecule has 1 N–H and O–H groups in total. The van der Waals surface area contributed by atoms with Crippen molar-refractivity contribution in [3.63, 3.8) is 0 Å². The van der Waals surface area contributed by atoms with Crippen molar-refractivity contribution in [1.29, 1.82) is 0 Å². The van der Waals surface area contributed by atoms with Gasteiger partial charge in [0.15, 0.2) is 0 Å². The van der Waals surface area contributed by atoms with Gasteiger partial charge in [-0.15, -0.1) is 0 Å². The third-order valence-electron chi connectivity index (χ3n) is 2.84. The van der Waals surface area contributed by atoms with E-state index in [0.717, 1.165) is 6.26 Å². The van der Waals surface area contributed by atoms with Gasteiger partial charge in [0.2, 0.25) is 15.8 Å². The predicted molar refractivity (Wildman–Crippen MR) is 84.1 cm³/mol. The first-order valence-electron chi connectivity index (χ1n) is 6.71. The van der Waals surface area contributed by atoms with Crippen LogP contribution < -0.4 is 4.72 Å². The highest BCUT2D eigenvalue weighted by molar-refractivity contribution is 7.92. The van der Waals surface area contributed by atoms with Gasteiger partial charge in [0.25, 0.3) is 0 Å². The van der Waals surface area contributed by atoms with Crippen molar-refractivity contribution in [2.45, 2.75) is 6.61 Å². The van der Waals surface area contributed by atoms with Crippen LogP contribution in [0.25, 0.3) is 0 Å². The van der Waals surface area contributed by atoms with E-state index >= 15 is 0 Å². The topological polar surface area (TPSA) is 112 Å². The number of esters is 2. The fourth-order valence-electron chi connectivity index (χ4n) is 1.83. The van der Waals surface area contributed by atoms with Crippen molar-refractivity contribution >= 4 is 27.6 Å². The van der Waals surface area contributed by atoms with Crippen molar-refractivity contribution in [1.82, 2.24) is 0 Å². The number of furan rings is 1. The molecule has 0 spiro atoms. The molecule has 0 saturated heterocycles. The molecule has 0 saturated carbocycles. The first kappa shape index (κ1) is 17.5. The smallest absolute Gasteiger partial charge is 0.373 e. The Morgan fingerprint density at radius 2 is 1.83 bits per heavy atom. The normalized spacial score (nSPS) is 10.9. The van der Waals surface area contributed by atoms with Crippen molar-refractivity contribution in [2.75, 3.05) is 18.1 Å². The molecule has 0 unspecified atom stereocenters. The van der Waals surface area contributed by atoms with E-state index in [1.165, 1.54) is 31.4 Å². The standard InChI is InChI=1S/C15H15NO7S/c1-21-15(18)13-8-7-10(23-13)9-22-14(17)11-5-3-4-6-12(11)16-24(2,19)20/h3-8,16H,9H2,1-2H3. The van der Waals surface area contributed by atoms with Crippen molar-refractivity contribution in [3.05, 3.63) is 53.5 Å². The molecule has 2 rings (SSSR count). The minimum absolute atomic E-state index is 0.0114. The number of carbonyl (C=O) groups excluding carboxylic acids is 2. The number of rotatable bonds is 6. The molecular weight excluding hydrogens is 338 g/mol. The summed E-state index contributed by atoms with van der Waals surface area (Å²) in [5, 5.41) is 0. The van der Waals surface area contributed by atoms with Gasteiger partial charge in [-0.05, 0) is 24.3 Å². The summed E-state index contributed by atoms with van der Waals surface area (Å²) in [7, 11) is -2.32. The summed E-state index contributed by atoms with van der Waals surface area (Å²) in [6.07, 6.45) is 0.978. The fourth-order valence-corrected chi connectivity index (χ4v) is 2.41. The van der Waals surface area contributed by atoms with E-state index in [-0.39, 0.29) is 29.4 Å². The Morgan fingerprint density at radius 1 is 1.12 bits per heavy atom. The van der Waals surface area contributed by atoms with E-state index in [1.54, 1.807) is 12.1 Å². The minimum Gasteiger partial charge on any atom is -0.463 e. The average molecular weight is 353 g/mol. The van der Waals surface area contributed by atoms with Gasteiger partial charge < -0.3 is 13.9 Å². The Balaban J connectivity index is 2.08. The molecule has 1 heterocycles. The highest BCUT2D eigenvalue weighted by atomic mass is 32.2. The Morgan fingerprint density at radius 3 is 2.50 bits per heavy atom. The quantitative estimate of drug-likeness (QED) is 0.788. The number of ether oxygens (including phenoxy) is 2. The summed E-state index contributed by atoms with van der Waals surface area (Å²) in [5.74, 6) is -1.15. The van der Waals surface area contributed by atoms with Gasteiger partial charge in [0.05, 0.1) is 24.6 Å². The monoisotopic (exact) mass is 353 g/mol. The molecule has 24 heavy (non-hydrogen) atoms. The molecule has 0 amide bonds. The minimum atomic E-state index is -3.54. The van der Waals surface area contributed by atoms with Gasteiger partial charge in [0.1, 0.15) is 12.4 Å². The van der Waals surface area contributed by atoms with E-state index in [1.807, 2.05) is 0 Å². The Kier molecular flexibility index (Phi) is 5.24. The summed E-state index contributed by atoms with van der Waals surface area (Å²) in [4.78, 5) is 23.4. The summed E-state index contributed by atoms with van der Waals surface area (Å²) >= 11 is 0. The Labute approximate surface area is 138 Å². The fraction of sp³-hybridized carbons (Fsp3) is 0.200. The lowest BCUT2D eigenvalue weighted by Crippen LogP contribution is -2.14. The first-order valence-corrected chi connectivity index (χ1v) is 8.60. The molecule has 0 fully saturated rings. The Bertz CT molecular complexity index is 854. The Hall–Kier alpha value is -2.81. The average Bonchev–Trinajstić information content (AvgIpc) is 3.00. The number of hydrogen-bond acceptors (Lipinski definition) is 7. The third kappa shape index (κ3) is 4.59. The summed E-state index contributed by atoms with van der Waals surface area (Å²) in [5.41, 5.74) is 0.169. The maximum atomic E-state index is 12.1. The molecule has 0 atom stereocenters. The van der Waals surface area contributed by atoms with Crippen molar-refractivity contribution < 1.29 is 31.9 Å². The number of carbonyl (C=O) groups is 2. The van der Waals surface area contributed by atoms with Crippen LogP contribution in [0.2, 0.25) is 0 Å². The molecule has 0 radical (unpaired) electrons. The number of sulfonamides is 1. The van der Waals surface area contributed by atoms with Crippen LogP contribution in [0.5, 0.6) is 0 Å². The second-order valence-electron chi connectivity index (χ2n) is 4.75. The van der Waals surface area contributed by atoms with Crippen LogP contribution in [0, 0.1) is 0 Å². The van der Waals surface area contributed by atoms with Gasteiger partial charge in [-0.2, -0.15) is 0 Å². The van der Waals surface area contributed by atoms with Crippen LogP contribution in [0.1, 0.15) is 26.7 Å². The molecule has 9 heteroatoms. The predicted octanol–water partition coefficient (Wildman–Crippen LogP) is 1.79. The molecule has 0 bridgehead atoms. The second kappa shape index (κ2) is 7.18. The van der Waals surface area contributed by atoms with Crippen LogP contribution in [-0.2, 0) is 26.1 Å². The molecule has 1 aromatic heterocycles. The number of anilines is 1. The largest absolute Gasteiger partial charge is 0.463 e. The van der Waals surface area contributed by atoms with Crippen LogP contribution in [0.3, 0.4) is 0 Å². The zero-order chi connectivity index (χ0) is 17.7. The molecule has 128 valence electrons. The maximum absolute atomic E-state index is 12.1. The van der Waals surface area contributed by atoms with Crippen LogP contribution >= 0.6 is 0 Å². The molecular formula is C15H15NO7S. The summed E-state index contributed by atoms with van der Waals surface area (Å²) in [6.45, 7) is -0.219. The maximum Gasteiger partial charge on any atom is 0.373 e. The van der Waals surface area contributed by atoms with E-state index in [2.05, 4.69) is 9.46 Å². The van der Waals surface area contributed by atoms with Gasteiger partial charge >= 0.3 is 11.9 Å². The number of para-hydroxylation sites is 1. The van der Waals surface area contributed by atoms with Gasteiger partial charge in [-0.1, -0.05) is 12.1 Å². The van der Waals surface area contributed by atoms with E-state index in [0.29, 0.717) is 0 Å². The number of hydrogen-bond donors (Lipinski definition) is 1. The molecule has 0 aliphatic rings. The SMILES string of the molecule is COC(=O)c1ccc(COC(=O)c2ccccc2NS(C)(=O)=O)o1. The third-order valence-corrected chi connectivity index (χ3v) is 3.43. The van der Waals surface area contributed by atoms with Crippen molar-refractivity contribution in [2.24, 2.45) is 0 Å². The molecule has 2 aromatic rings. The molecule has 8 nitrogen and oxygen atoms in total. The molecule has 1 aromatic carbocycles. The second-order valence-corrected chi connectivity index (χ2v) is 6.50. The van der Waals surface area contributed by atoms with E-state index in [9.17, 15) is 18.0 Å². The van der Waals surface area contributed by atoms with E-state index in [4.69, 9.17) is 9.15 Å². The number of nitrogens with one attached hydrogen (secondary N) is 1. The van der Waals surface area contributed by atoms with Crippen LogP contribution in [0.4, 0.5) is 5.69 Å². The highest BCUT2D eigenvalue weighted by Gasteiger charge is 2.17. The zero-order valence-electron chi connectivity index (χ0n) is 12.9. The van der Waals surface area contributed by atoms with Gasteiger partial charge in [-0.3, -0.25) is 4.72 Å². The summed E-state index contributed by atoms with van der Waals surface area (Å²) < 4.78 is 39.6. The number of methoxy groups -OCH3 is 1. The van der Waals surface area contributed by atoms with Gasteiger partial charge in [0, 0.05) is 0 Å². The lowest BCUT2D eigenvalue weighted by Gasteiger charge is -2.09. The van der Waals surface area contributed by atoms with Crippen LogP contribution in [-0.4, -0.2) is 33.7 Å². The first-order chi connectivity index (χ1) is 11.3. The van der Waals surface area contributed by atoms with Gasteiger partial charge in [-0.25, -0.2) is 18.0 Å². The summed E-state index contributed by atoms with van der Waals surface area (Å²) in [6, 6.07) is 8.90. The lowest BCUT2D eigenvalue weighted by molar-refractivity contribution is 0.0439. The molecule has 0 aliphatic heterocycles. The highest BCUT2D eigenvalue weighted by Crippen LogP contribution is 2.18. The zero-order valence-corrected chi connectivity index (χ0v) is 13.8. The van der Waals surface area contributed by atoms with E-state index < -0.39 is 22.0 Å². The lowest BCUT2D eigenvalue weighted by atomic mass is 10.2. The van der Waals surface area contributed by atoms with Crippen LogP contribution in [0.15, 0.2) is 40.8 Å².